The van der Waals surface area contributed by atoms with Crippen molar-refractivity contribution < 1.29 is 19.8 Å². The minimum Gasteiger partial charge on any atom is -0.549 e. The molecule has 0 fully saturated rings. The van der Waals surface area contributed by atoms with Crippen LogP contribution in [0, 0.1) is 5.92 Å². The number of hydrogen-bond donors (Lipinski definition) is 0. The monoisotopic (exact) mass is 156 g/mol. The maximum atomic E-state index is 9.61. The Hall–Kier alpha value is 0.200. The predicted octanol–water partition coefficient (Wildman–Crippen LogP) is -3.26. The molecule has 9 heavy (non-hydrogen) atoms. The summed E-state index contributed by atoms with van der Waals surface area (Å²) >= 11 is 0. The first kappa shape index (κ1) is 11.9. The van der Waals surface area contributed by atoms with Gasteiger partial charge in [0, 0.05) is 17.9 Å². The Bertz CT molecular complexity index is 108. The molecular formula is C4H4CaO4. The number of carboxylic acids is 2. The first-order valence-electron chi connectivity index (χ1n) is 1.97. The van der Waals surface area contributed by atoms with Crippen LogP contribution in [0.15, 0.2) is 0 Å². The molecule has 0 N–H and O–H groups in total. The van der Waals surface area contributed by atoms with Crippen LogP contribution in [0.4, 0.5) is 0 Å². The number of rotatable bonds is 2. The SMILES string of the molecule is CC(C(=O)[O-])C(=O)[O-].[Ca+2]. The summed E-state index contributed by atoms with van der Waals surface area (Å²) in [6, 6.07) is 0. The average Bonchev–Trinajstić information content (AvgIpc) is 1.64. The minimum absolute atomic E-state index is 0. The van der Waals surface area contributed by atoms with E-state index in [1.807, 2.05) is 0 Å². The molecule has 0 rings (SSSR count). The molecule has 0 aliphatic rings. The van der Waals surface area contributed by atoms with E-state index in [0.29, 0.717) is 0 Å². The van der Waals surface area contributed by atoms with E-state index in [0.717, 1.165) is 6.92 Å². The molecule has 0 aliphatic heterocycles. The first-order chi connectivity index (χ1) is 3.55. The van der Waals surface area contributed by atoms with E-state index >= 15 is 0 Å². The zero-order chi connectivity index (χ0) is 6.73. The van der Waals surface area contributed by atoms with Crippen LogP contribution in [-0.4, -0.2) is 49.7 Å². The fourth-order valence-corrected chi connectivity index (χ4v) is 0.0962. The Kier molecular flexibility index (Phi) is 6.66. The zero-order valence-electron chi connectivity index (χ0n) is 4.92. The predicted molar refractivity (Wildman–Crippen MR) is 24.9 cm³/mol. The molecule has 4 nitrogen and oxygen atoms in total. The molecule has 0 unspecified atom stereocenters. The Morgan fingerprint density at radius 1 is 1.22 bits per heavy atom. The third-order valence-corrected chi connectivity index (χ3v) is 0.707. The summed E-state index contributed by atoms with van der Waals surface area (Å²) in [5, 5.41) is 19.2. The summed E-state index contributed by atoms with van der Waals surface area (Å²) in [5.41, 5.74) is 0. The molecule has 0 amide bonds. The molecule has 0 aromatic carbocycles. The van der Waals surface area contributed by atoms with Crippen LogP contribution in [0.25, 0.3) is 0 Å². The van der Waals surface area contributed by atoms with Crippen LogP contribution in [0.1, 0.15) is 6.92 Å². The second-order valence-electron chi connectivity index (χ2n) is 1.36. The van der Waals surface area contributed by atoms with Gasteiger partial charge in [0.25, 0.3) is 0 Å². The van der Waals surface area contributed by atoms with Crippen molar-refractivity contribution >= 4 is 49.7 Å². The molecule has 0 aromatic rings. The van der Waals surface area contributed by atoms with Gasteiger partial charge in [-0.1, -0.05) is 6.92 Å². The molecule has 0 radical (unpaired) electrons. The van der Waals surface area contributed by atoms with Gasteiger partial charge in [-0.15, -0.1) is 0 Å². The van der Waals surface area contributed by atoms with Gasteiger partial charge < -0.3 is 19.8 Å². The van der Waals surface area contributed by atoms with Crippen LogP contribution in [0.2, 0.25) is 0 Å². The third-order valence-electron chi connectivity index (χ3n) is 0.707. The fraction of sp³-hybridized carbons (Fsp3) is 0.500. The second-order valence-corrected chi connectivity index (χ2v) is 1.36. The maximum absolute atomic E-state index is 9.61. The summed E-state index contributed by atoms with van der Waals surface area (Å²) in [6.07, 6.45) is 0. The van der Waals surface area contributed by atoms with Crippen molar-refractivity contribution in [3.8, 4) is 0 Å². The maximum Gasteiger partial charge on any atom is 2.00 e. The van der Waals surface area contributed by atoms with Crippen LogP contribution in [0.3, 0.4) is 0 Å². The summed E-state index contributed by atoms with van der Waals surface area (Å²) < 4.78 is 0. The average molecular weight is 156 g/mol. The van der Waals surface area contributed by atoms with Gasteiger partial charge in [0.15, 0.2) is 0 Å². The number of carboxylic acid groups (broad SMARTS) is 2. The molecule has 0 spiro atoms. The van der Waals surface area contributed by atoms with Crippen molar-refractivity contribution in [2.24, 2.45) is 5.92 Å². The number of aliphatic carboxylic acids is 2. The summed E-state index contributed by atoms with van der Waals surface area (Å²) in [6.45, 7) is 0.991. The quantitative estimate of drug-likeness (QED) is 0.310. The van der Waals surface area contributed by atoms with Crippen molar-refractivity contribution in [2.45, 2.75) is 6.92 Å². The van der Waals surface area contributed by atoms with Gasteiger partial charge in [-0.25, -0.2) is 0 Å². The van der Waals surface area contributed by atoms with Gasteiger partial charge in [-0.2, -0.15) is 0 Å². The van der Waals surface area contributed by atoms with E-state index < -0.39 is 17.9 Å². The Morgan fingerprint density at radius 2 is 1.44 bits per heavy atom. The van der Waals surface area contributed by atoms with Gasteiger partial charge in [0.1, 0.15) is 0 Å². The van der Waals surface area contributed by atoms with E-state index in [4.69, 9.17) is 0 Å². The second kappa shape index (κ2) is 5.02. The van der Waals surface area contributed by atoms with Crippen molar-refractivity contribution in [2.75, 3.05) is 0 Å². The van der Waals surface area contributed by atoms with Gasteiger partial charge >= 0.3 is 37.7 Å². The minimum atomic E-state index is -1.62. The largest absolute Gasteiger partial charge is 2.00 e. The number of hydrogen-bond acceptors (Lipinski definition) is 4. The number of carbonyl (C=O) groups is 2. The van der Waals surface area contributed by atoms with E-state index in [1.165, 1.54) is 0 Å². The molecule has 0 aliphatic carbocycles. The Labute approximate surface area is 81.9 Å². The molecule has 0 atom stereocenters. The third kappa shape index (κ3) is 4.69. The van der Waals surface area contributed by atoms with Gasteiger partial charge in [-0.3, -0.25) is 0 Å². The molecule has 46 valence electrons. The summed E-state index contributed by atoms with van der Waals surface area (Å²) in [5.74, 6) is -4.76. The number of carbonyl (C=O) groups excluding carboxylic acids is 2. The van der Waals surface area contributed by atoms with Crippen molar-refractivity contribution in [1.82, 2.24) is 0 Å². The van der Waals surface area contributed by atoms with E-state index in [-0.39, 0.29) is 37.7 Å². The van der Waals surface area contributed by atoms with E-state index in [1.54, 1.807) is 0 Å². The van der Waals surface area contributed by atoms with E-state index in [9.17, 15) is 19.8 Å². The van der Waals surface area contributed by atoms with Crippen molar-refractivity contribution in [3.63, 3.8) is 0 Å². The molecule has 0 saturated carbocycles. The Balaban J connectivity index is 0. The van der Waals surface area contributed by atoms with Crippen molar-refractivity contribution in [1.29, 1.82) is 0 Å². The van der Waals surface area contributed by atoms with Crippen LogP contribution in [-0.2, 0) is 9.59 Å². The first-order valence-corrected chi connectivity index (χ1v) is 1.97. The van der Waals surface area contributed by atoms with Gasteiger partial charge in [0.2, 0.25) is 0 Å². The van der Waals surface area contributed by atoms with Gasteiger partial charge in [-0.05, 0) is 0 Å². The molecule has 0 bridgehead atoms. The van der Waals surface area contributed by atoms with Gasteiger partial charge in [0.05, 0.1) is 0 Å². The van der Waals surface area contributed by atoms with E-state index in [2.05, 4.69) is 0 Å². The smallest absolute Gasteiger partial charge is 0.549 e. The summed E-state index contributed by atoms with van der Waals surface area (Å²) in [7, 11) is 0. The molecule has 5 heteroatoms. The van der Waals surface area contributed by atoms with Crippen LogP contribution < -0.4 is 10.2 Å². The Morgan fingerprint density at radius 3 is 1.44 bits per heavy atom. The topological polar surface area (TPSA) is 80.3 Å². The molecule has 0 saturated heterocycles. The standard InChI is InChI=1S/C4H6O4.Ca/c1-2(3(5)6)4(7)8;/h2H,1H3,(H,5,6)(H,7,8);/q;+2/p-2. The zero-order valence-corrected chi connectivity index (χ0v) is 7.13. The fourth-order valence-electron chi connectivity index (χ4n) is 0.0962. The summed E-state index contributed by atoms with van der Waals surface area (Å²) in [4.78, 5) is 19.2. The molecule has 0 heterocycles. The van der Waals surface area contributed by atoms with Crippen LogP contribution in [0.5, 0.6) is 0 Å². The van der Waals surface area contributed by atoms with Crippen LogP contribution >= 0.6 is 0 Å². The molecule has 0 aromatic heterocycles. The normalized spacial score (nSPS) is 8.22. The van der Waals surface area contributed by atoms with Crippen molar-refractivity contribution in [3.05, 3.63) is 0 Å². The molecular weight excluding hydrogens is 152 g/mol.